The van der Waals surface area contributed by atoms with Gasteiger partial charge in [-0.3, -0.25) is 4.57 Å². The minimum Gasteiger partial charge on any atom is -0.306 e. The Morgan fingerprint density at radius 1 is 1.20 bits per heavy atom. The Morgan fingerprint density at radius 2 is 1.73 bits per heavy atom. The molecule has 15 heavy (non-hydrogen) atoms. The Kier molecular flexibility index (Phi) is 7.67. The quantitative estimate of drug-likeness (QED) is 0.489. The maximum absolute atomic E-state index is 12.3. The summed E-state index contributed by atoms with van der Waals surface area (Å²) in [6.07, 6.45) is 6.29. The zero-order valence-corrected chi connectivity index (χ0v) is 10.9. The fourth-order valence-corrected chi connectivity index (χ4v) is 2.90. The number of allylic oxidation sites excluding steroid dienone is 4. The molecule has 0 spiro atoms. The normalized spacial score (nSPS) is 13.7. The molecule has 0 bridgehead atoms. The second-order valence-electron chi connectivity index (χ2n) is 2.89. The van der Waals surface area contributed by atoms with E-state index in [4.69, 9.17) is 9.05 Å². The van der Waals surface area contributed by atoms with E-state index >= 15 is 0 Å². The lowest BCUT2D eigenvalue weighted by atomic mass is 10.3. The fourth-order valence-electron chi connectivity index (χ4n) is 1.17. The van der Waals surface area contributed by atoms with Gasteiger partial charge in [0.25, 0.3) is 0 Å². The van der Waals surface area contributed by atoms with Crippen molar-refractivity contribution in [1.29, 1.82) is 0 Å². The number of rotatable bonds is 7. The summed E-state index contributed by atoms with van der Waals surface area (Å²) < 4.78 is 22.8. The van der Waals surface area contributed by atoms with Gasteiger partial charge in [-0.05, 0) is 34.1 Å². The van der Waals surface area contributed by atoms with Crippen LogP contribution in [0.4, 0.5) is 0 Å². The van der Waals surface area contributed by atoms with Crippen LogP contribution in [0.2, 0.25) is 0 Å². The van der Waals surface area contributed by atoms with Crippen molar-refractivity contribution in [2.45, 2.75) is 34.1 Å². The van der Waals surface area contributed by atoms with E-state index in [1.165, 1.54) is 0 Å². The lowest BCUT2D eigenvalue weighted by Crippen LogP contribution is -1.98. The topological polar surface area (TPSA) is 35.5 Å². The fraction of sp³-hybridized carbons (Fsp3) is 0.636. The van der Waals surface area contributed by atoms with Crippen LogP contribution in [-0.4, -0.2) is 13.2 Å². The highest BCUT2D eigenvalue weighted by atomic mass is 31.2. The first-order valence-electron chi connectivity index (χ1n) is 5.30. The van der Waals surface area contributed by atoms with E-state index in [0.29, 0.717) is 19.6 Å². The van der Waals surface area contributed by atoms with E-state index in [-0.39, 0.29) is 0 Å². The van der Waals surface area contributed by atoms with Gasteiger partial charge < -0.3 is 9.05 Å². The van der Waals surface area contributed by atoms with Gasteiger partial charge >= 0.3 is 7.60 Å². The van der Waals surface area contributed by atoms with Gasteiger partial charge in [0.2, 0.25) is 0 Å². The lowest BCUT2D eigenvalue weighted by Gasteiger charge is -2.18. The second kappa shape index (κ2) is 7.86. The van der Waals surface area contributed by atoms with Crippen LogP contribution < -0.4 is 0 Å². The van der Waals surface area contributed by atoms with E-state index in [0.717, 1.165) is 5.31 Å². The van der Waals surface area contributed by atoms with Crippen molar-refractivity contribution in [1.82, 2.24) is 0 Å². The Hall–Kier alpha value is -0.370. The Bertz CT molecular complexity index is 259. The molecule has 0 heterocycles. The minimum absolute atomic E-state index is 0.393. The molecule has 0 aliphatic rings. The van der Waals surface area contributed by atoms with E-state index in [2.05, 4.69) is 0 Å². The van der Waals surface area contributed by atoms with E-state index in [1.54, 1.807) is 0 Å². The molecule has 0 aliphatic heterocycles. The van der Waals surface area contributed by atoms with Crippen molar-refractivity contribution < 1.29 is 13.6 Å². The van der Waals surface area contributed by atoms with Gasteiger partial charge in [0, 0.05) is 5.31 Å². The minimum atomic E-state index is -3.05. The van der Waals surface area contributed by atoms with Crippen molar-refractivity contribution in [2.75, 3.05) is 13.2 Å². The summed E-state index contributed by atoms with van der Waals surface area (Å²) in [6, 6.07) is 0. The predicted octanol–water partition coefficient (Wildman–Crippen LogP) is 4.12. The first-order valence-corrected chi connectivity index (χ1v) is 6.84. The first-order chi connectivity index (χ1) is 7.14. The summed E-state index contributed by atoms with van der Waals surface area (Å²) in [5.41, 5.74) is 0. The SMILES string of the molecule is C/C=C/C/C(=C\C)P(=O)(OCC)OCC. The van der Waals surface area contributed by atoms with E-state index < -0.39 is 7.60 Å². The molecular formula is C11H21O3P. The first kappa shape index (κ1) is 14.6. The van der Waals surface area contributed by atoms with Crippen LogP contribution in [-0.2, 0) is 13.6 Å². The summed E-state index contributed by atoms with van der Waals surface area (Å²) in [5.74, 6) is 0. The van der Waals surface area contributed by atoms with Crippen LogP contribution in [0.25, 0.3) is 0 Å². The van der Waals surface area contributed by atoms with Crippen molar-refractivity contribution in [2.24, 2.45) is 0 Å². The van der Waals surface area contributed by atoms with E-state index in [1.807, 2.05) is 45.9 Å². The largest absolute Gasteiger partial charge is 0.357 e. The van der Waals surface area contributed by atoms with Gasteiger partial charge in [0.1, 0.15) is 0 Å². The predicted molar refractivity (Wildman–Crippen MR) is 64.0 cm³/mol. The summed E-state index contributed by atoms with van der Waals surface area (Å²) in [6.45, 7) is 8.20. The molecule has 0 aromatic rings. The average Bonchev–Trinajstić information content (AvgIpc) is 2.19. The summed E-state index contributed by atoms with van der Waals surface area (Å²) >= 11 is 0. The zero-order chi connectivity index (χ0) is 11.7. The molecule has 0 aliphatic carbocycles. The van der Waals surface area contributed by atoms with Gasteiger partial charge in [-0.15, -0.1) is 0 Å². The highest BCUT2D eigenvalue weighted by molar-refractivity contribution is 7.58. The highest BCUT2D eigenvalue weighted by Crippen LogP contribution is 2.57. The third-order valence-electron chi connectivity index (χ3n) is 1.85. The molecule has 0 fully saturated rings. The van der Waals surface area contributed by atoms with Crippen molar-refractivity contribution in [3.63, 3.8) is 0 Å². The van der Waals surface area contributed by atoms with Crippen LogP contribution >= 0.6 is 7.60 Å². The molecule has 0 N–H and O–H groups in total. The van der Waals surface area contributed by atoms with Gasteiger partial charge in [-0.1, -0.05) is 18.2 Å². The maximum atomic E-state index is 12.3. The van der Waals surface area contributed by atoms with E-state index in [9.17, 15) is 4.57 Å². The number of hydrogen-bond acceptors (Lipinski definition) is 3. The molecule has 4 heteroatoms. The Morgan fingerprint density at radius 3 is 2.07 bits per heavy atom. The highest BCUT2D eigenvalue weighted by Gasteiger charge is 2.27. The van der Waals surface area contributed by atoms with Crippen LogP contribution in [0.3, 0.4) is 0 Å². The van der Waals surface area contributed by atoms with Crippen LogP contribution in [0.15, 0.2) is 23.5 Å². The summed E-state index contributed by atoms with van der Waals surface area (Å²) in [4.78, 5) is 0. The zero-order valence-electron chi connectivity index (χ0n) is 10.0. The monoisotopic (exact) mass is 232 g/mol. The molecule has 3 nitrogen and oxygen atoms in total. The van der Waals surface area contributed by atoms with Crippen molar-refractivity contribution in [3.05, 3.63) is 23.5 Å². The van der Waals surface area contributed by atoms with Gasteiger partial charge in [0.15, 0.2) is 0 Å². The van der Waals surface area contributed by atoms with Gasteiger partial charge in [0.05, 0.1) is 13.2 Å². The second-order valence-corrected chi connectivity index (χ2v) is 4.97. The third-order valence-corrected chi connectivity index (χ3v) is 4.19. The van der Waals surface area contributed by atoms with Gasteiger partial charge in [-0.2, -0.15) is 0 Å². The molecule has 0 rings (SSSR count). The van der Waals surface area contributed by atoms with Crippen LogP contribution in [0.1, 0.15) is 34.1 Å². The molecule has 0 saturated heterocycles. The molecule has 0 unspecified atom stereocenters. The van der Waals surface area contributed by atoms with Crippen molar-refractivity contribution >= 4 is 7.60 Å². The van der Waals surface area contributed by atoms with Crippen LogP contribution in [0, 0.1) is 0 Å². The number of hydrogen-bond donors (Lipinski definition) is 0. The lowest BCUT2D eigenvalue weighted by molar-refractivity contribution is 0.226. The summed E-state index contributed by atoms with van der Waals surface area (Å²) in [5, 5.41) is 0.726. The summed E-state index contributed by atoms with van der Waals surface area (Å²) in [7, 11) is -3.05. The van der Waals surface area contributed by atoms with Crippen molar-refractivity contribution in [3.8, 4) is 0 Å². The smallest absolute Gasteiger partial charge is 0.306 e. The maximum Gasteiger partial charge on any atom is 0.357 e. The molecule has 0 aromatic carbocycles. The molecule has 0 aromatic heterocycles. The third kappa shape index (κ3) is 4.78. The molecule has 0 atom stereocenters. The average molecular weight is 232 g/mol. The molecular weight excluding hydrogens is 211 g/mol. The Balaban J connectivity index is 4.78. The standard InChI is InChI=1S/C11H21O3P/c1-5-9-10-11(6-2)15(12,13-7-3)14-8-4/h5-6,9H,7-8,10H2,1-4H3/b9-5+,11-6+. The molecule has 0 radical (unpaired) electrons. The molecule has 0 amide bonds. The Labute approximate surface area is 92.7 Å². The molecule has 88 valence electrons. The van der Waals surface area contributed by atoms with Gasteiger partial charge in [-0.25, -0.2) is 0 Å². The molecule has 0 saturated carbocycles. The van der Waals surface area contributed by atoms with Crippen LogP contribution in [0.5, 0.6) is 0 Å².